The summed E-state index contributed by atoms with van der Waals surface area (Å²) in [4.78, 5) is 16.2. The van der Waals surface area contributed by atoms with E-state index in [4.69, 9.17) is 5.73 Å². The van der Waals surface area contributed by atoms with Crippen molar-refractivity contribution in [2.45, 2.75) is 13.0 Å². The molecular formula is C9H11N3O3S2. The van der Waals surface area contributed by atoms with E-state index in [9.17, 15) is 13.2 Å². The Balaban J connectivity index is 2.09. The minimum atomic E-state index is -3.16. The smallest absolute Gasteiger partial charge is 0.263 e. The molecule has 1 aliphatic rings. The molecule has 0 aromatic carbocycles. The molecule has 1 atom stereocenters. The molecule has 8 heteroatoms. The van der Waals surface area contributed by atoms with Gasteiger partial charge in [0.1, 0.15) is 4.88 Å². The number of nitrogen functional groups attached to an aromatic ring is 1. The summed E-state index contributed by atoms with van der Waals surface area (Å²) < 4.78 is 22.3. The van der Waals surface area contributed by atoms with Crippen molar-refractivity contribution in [3.8, 4) is 0 Å². The van der Waals surface area contributed by atoms with Gasteiger partial charge in [0, 0.05) is 5.41 Å². The average Bonchev–Trinajstić information content (AvgIpc) is 2.69. The van der Waals surface area contributed by atoms with Gasteiger partial charge in [-0.25, -0.2) is 13.4 Å². The summed E-state index contributed by atoms with van der Waals surface area (Å²) in [6.45, 7) is 1.68. The third kappa shape index (κ3) is 2.64. The molecule has 2 heterocycles. The zero-order valence-electron chi connectivity index (χ0n) is 9.00. The number of aromatic nitrogens is 1. The van der Waals surface area contributed by atoms with Crippen molar-refractivity contribution in [2.24, 2.45) is 0 Å². The lowest BCUT2D eigenvalue weighted by Crippen LogP contribution is -2.35. The van der Waals surface area contributed by atoms with Crippen molar-refractivity contribution >= 4 is 32.2 Å². The van der Waals surface area contributed by atoms with Crippen LogP contribution in [0.3, 0.4) is 0 Å². The lowest BCUT2D eigenvalue weighted by Gasteiger charge is -2.08. The number of carbonyl (C=O) groups is 1. The van der Waals surface area contributed by atoms with Crippen molar-refractivity contribution in [3.63, 3.8) is 0 Å². The van der Waals surface area contributed by atoms with E-state index in [1.165, 1.54) is 6.08 Å². The molecule has 6 nitrogen and oxygen atoms in total. The molecule has 1 aliphatic heterocycles. The van der Waals surface area contributed by atoms with Gasteiger partial charge < -0.3 is 11.1 Å². The number of sulfone groups is 1. The minimum Gasteiger partial charge on any atom is -0.375 e. The van der Waals surface area contributed by atoms with Crippen LogP contribution >= 0.6 is 11.3 Å². The summed E-state index contributed by atoms with van der Waals surface area (Å²) in [5.74, 6) is -0.435. The monoisotopic (exact) mass is 273 g/mol. The van der Waals surface area contributed by atoms with Crippen LogP contribution in [-0.4, -0.2) is 31.1 Å². The quantitative estimate of drug-likeness (QED) is 0.794. The van der Waals surface area contributed by atoms with Crippen molar-refractivity contribution in [1.29, 1.82) is 0 Å². The molecule has 1 aromatic heterocycles. The van der Waals surface area contributed by atoms with E-state index in [0.29, 0.717) is 15.7 Å². The van der Waals surface area contributed by atoms with Gasteiger partial charge in [-0.05, 0) is 13.0 Å². The number of hydrogen-bond donors (Lipinski definition) is 2. The van der Waals surface area contributed by atoms with Gasteiger partial charge in [-0.2, -0.15) is 0 Å². The Kier molecular flexibility index (Phi) is 2.92. The van der Waals surface area contributed by atoms with Crippen LogP contribution < -0.4 is 11.1 Å². The maximum absolute atomic E-state index is 11.8. The molecule has 1 unspecified atom stereocenters. The number of rotatable bonds is 2. The van der Waals surface area contributed by atoms with Crippen molar-refractivity contribution in [3.05, 3.63) is 22.1 Å². The Morgan fingerprint density at radius 2 is 2.35 bits per heavy atom. The van der Waals surface area contributed by atoms with Crippen LogP contribution in [0.2, 0.25) is 0 Å². The van der Waals surface area contributed by atoms with E-state index in [2.05, 4.69) is 10.3 Å². The number of thiazole rings is 1. The molecule has 1 amide bonds. The first-order chi connectivity index (χ1) is 7.87. The van der Waals surface area contributed by atoms with E-state index in [1.807, 2.05) is 0 Å². The van der Waals surface area contributed by atoms with Crippen LogP contribution in [0.25, 0.3) is 0 Å². The van der Waals surface area contributed by atoms with Gasteiger partial charge in [-0.1, -0.05) is 11.3 Å². The Morgan fingerprint density at radius 1 is 1.65 bits per heavy atom. The second-order valence-corrected chi connectivity index (χ2v) is 6.67. The highest BCUT2D eigenvalue weighted by atomic mass is 32.2. The summed E-state index contributed by atoms with van der Waals surface area (Å²) >= 11 is 1.09. The Labute approximate surface area is 102 Å². The summed E-state index contributed by atoms with van der Waals surface area (Å²) in [7, 11) is -3.16. The molecule has 0 saturated heterocycles. The fraction of sp³-hybridized carbons (Fsp3) is 0.333. The molecule has 3 N–H and O–H groups in total. The van der Waals surface area contributed by atoms with Crippen molar-refractivity contribution in [1.82, 2.24) is 10.3 Å². The van der Waals surface area contributed by atoms with Gasteiger partial charge >= 0.3 is 0 Å². The second-order valence-electron chi connectivity index (χ2n) is 3.70. The average molecular weight is 273 g/mol. The number of amides is 1. The third-order valence-electron chi connectivity index (χ3n) is 2.27. The van der Waals surface area contributed by atoms with Gasteiger partial charge in [-0.15, -0.1) is 0 Å². The molecule has 0 aliphatic carbocycles. The lowest BCUT2D eigenvalue weighted by molar-refractivity contribution is 0.0951. The summed E-state index contributed by atoms with van der Waals surface area (Å²) in [5.41, 5.74) is 6.04. The van der Waals surface area contributed by atoms with Gasteiger partial charge in [0.05, 0.1) is 17.5 Å². The SMILES string of the molecule is Cc1nc(N)sc1C(=O)NC1C=CS(=O)(=O)C1. The highest BCUT2D eigenvalue weighted by molar-refractivity contribution is 7.94. The van der Waals surface area contributed by atoms with Crippen LogP contribution in [0.5, 0.6) is 0 Å². The molecule has 2 rings (SSSR count). The second kappa shape index (κ2) is 4.11. The number of nitrogens with one attached hydrogen (secondary N) is 1. The van der Waals surface area contributed by atoms with Gasteiger partial charge in [0.15, 0.2) is 15.0 Å². The summed E-state index contributed by atoms with van der Waals surface area (Å²) in [6, 6.07) is -0.477. The zero-order valence-corrected chi connectivity index (χ0v) is 10.6. The normalized spacial score (nSPS) is 21.6. The zero-order chi connectivity index (χ0) is 12.6. The number of carbonyl (C=O) groups excluding carboxylic acids is 1. The fourth-order valence-corrected chi connectivity index (χ4v) is 3.50. The molecule has 0 radical (unpaired) electrons. The highest BCUT2D eigenvalue weighted by Crippen LogP contribution is 2.20. The topological polar surface area (TPSA) is 102 Å². The maximum atomic E-state index is 11.8. The van der Waals surface area contributed by atoms with Crippen LogP contribution in [0, 0.1) is 6.92 Å². The summed E-state index contributed by atoms with van der Waals surface area (Å²) in [6.07, 6.45) is 1.47. The minimum absolute atomic E-state index is 0.0912. The first kappa shape index (κ1) is 12.1. The number of nitrogens with two attached hydrogens (primary N) is 1. The van der Waals surface area contributed by atoms with Crippen LogP contribution in [-0.2, 0) is 9.84 Å². The predicted molar refractivity (Wildman–Crippen MR) is 65.4 cm³/mol. The first-order valence-corrected chi connectivity index (χ1v) is 7.35. The standard InChI is InChI=1S/C9H11N3O3S2/c1-5-7(16-9(10)11-5)8(13)12-6-2-3-17(14,15)4-6/h2-3,6H,4H2,1H3,(H2,10,11)(H,12,13). The molecule has 0 spiro atoms. The van der Waals surface area contributed by atoms with Crippen molar-refractivity contribution in [2.75, 3.05) is 11.5 Å². The number of hydrogen-bond acceptors (Lipinski definition) is 6. The Hall–Kier alpha value is -1.41. The number of aryl methyl sites for hydroxylation is 1. The molecule has 1 aromatic rings. The Morgan fingerprint density at radius 3 is 2.82 bits per heavy atom. The van der Waals surface area contributed by atoms with E-state index in [0.717, 1.165) is 16.7 Å². The van der Waals surface area contributed by atoms with Gasteiger partial charge in [0.2, 0.25) is 0 Å². The van der Waals surface area contributed by atoms with Gasteiger partial charge in [0.25, 0.3) is 5.91 Å². The predicted octanol–water partition coefficient (Wildman–Crippen LogP) is 0.0742. The third-order valence-corrected chi connectivity index (χ3v) is 4.65. The van der Waals surface area contributed by atoms with Gasteiger partial charge in [-0.3, -0.25) is 4.79 Å². The van der Waals surface area contributed by atoms with Crippen molar-refractivity contribution < 1.29 is 13.2 Å². The lowest BCUT2D eigenvalue weighted by atomic mass is 10.3. The molecular weight excluding hydrogens is 262 g/mol. The maximum Gasteiger partial charge on any atom is 0.263 e. The first-order valence-electron chi connectivity index (χ1n) is 4.82. The molecule has 0 bridgehead atoms. The van der Waals surface area contributed by atoms with Crippen LogP contribution in [0.1, 0.15) is 15.4 Å². The number of anilines is 1. The molecule has 0 saturated carbocycles. The van der Waals surface area contributed by atoms with Crippen LogP contribution in [0.4, 0.5) is 5.13 Å². The van der Waals surface area contributed by atoms with E-state index in [-0.39, 0.29) is 11.7 Å². The molecule has 0 fully saturated rings. The highest BCUT2D eigenvalue weighted by Gasteiger charge is 2.24. The van der Waals surface area contributed by atoms with E-state index >= 15 is 0 Å². The summed E-state index contributed by atoms with van der Waals surface area (Å²) in [5, 5.41) is 4.05. The van der Waals surface area contributed by atoms with E-state index in [1.54, 1.807) is 6.92 Å². The van der Waals surface area contributed by atoms with Crippen LogP contribution in [0.15, 0.2) is 11.5 Å². The number of nitrogens with zero attached hydrogens (tertiary/aromatic N) is 1. The largest absolute Gasteiger partial charge is 0.375 e. The Bertz CT molecular complexity index is 589. The fourth-order valence-electron chi connectivity index (χ4n) is 1.53. The van der Waals surface area contributed by atoms with E-state index < -0.39 is 15.9 Å². The molecule has 92 valence electrons. The molecule has 17 heavy (non-hydrogen) atoms.